The predicted molar refractivity (Wildman–Crippen MR) is 53.3 cm³/mol. The molecule has 15 heavy (non-hydrogen) atoms. The summed E-state index contributed by atoms with van der Waals surface area (Å²) in [6, 6.07) is 7.08. The Bertz CT molecular complexity index is 513. The lowest BCUT2D eigenvalue weighted by atomic mass is 10.2. The van der Waals surface area contributed by atoms with E-state index in [0.29, 0.717) is 35.6 Å². The van der Waals surface area contributed by atoms with Gasteiger partial charge >= 0.3 is 0 Å². The number of hydrogen-bond donors (Lipinski definition) is 1. The van der Waals surface area contributed by atoms with Gasteiger partial charge in [-0.05, 0) is 23.4 Å². The van der Waals surface area contributed by atoms with Gasteiger partial charge in [0.15, 0.2) is 5.58 Å². The van der Waals surface area contributed by atoms with E-state index in [2.05, 4.69) is 5.16 Å². The summed E-state index contributed by atoms with van der Waals surface area (Å²) in [4.78, 5) is 0. The molecule has 1 heterocycles. The van der Waals surface area contributed by atoms with Gasteiger partial charge in [-0.3, -0.25) is 0 Å². The molecule has 0 spiro atoms. The maximum Gasteiger partial charge on any atom is 0.262 e. The van der Waals surface area contributed by atoms with E-state index in [-0.39, 0.29) is 0 Å². The summed E-state index contributed by atoms with van der Waals surface area (Å²) in [6.45, 7) is 0.782. The number of hydrogen-bond acceptors (Lipinski definition) is 5. The SMILES string of the molecule is N#Cc1ccc2onc(OCCN)c2c1. The van der Waals surface area contributed by atoms with Crippen molar-refractivity contribution in [1.82, 2.24) is 5.16 Å². The van der Waals surface area contributed by atoms with Crippen molar-refractivity contribution >= 4 is 11.0 Å². The summed E-state index contributed by atoms with van der Waals surface area (Å²) >= 11 is 0. The second kappa shape index (κ2) is 3.98. The molecule has 0 atom stereocenters. The molecule has 0 aliphatic heterocycles. The van der Waals surface area contributed by atoms with Gasteiger partial charge in [-0.2, -0.15) is 5.26 Å². The molecule has 1 aromatic heterocycles. The standard InChI is InChI=1S/C10H9N3O2/c11-3-4-14-10-8-5-7(6-12)1-2-9(8)15-13-10/h1-2,5H,3-4,11H2. The predicted octanol–water partition coefficient (Wildman–Crippen LogP) is 1.04. The van der Waals surface area contributed by atoms with Crippen LogP contribution < -0.4 is 10.5 Å². The van der Waals surface area contributed by atoms with E-state index in [1.54, 1.807) is 18.2 Å². The third-order valence-electron chi connectivity index (χ3n) is 1.92. The quantitative estimate of drug-likeness (QED) is 0.805. The van der Waals surface area contributed by atoms with Gasteiger partial charge in [-0.25, -0.2) is 0 Å². The van der Waals surface area contributed by atoms with Crippen molar-refractivity contribution in [2.45, 2.75) is 0 Å². The van der Waals surface area contributed by atoms with Crippen LogP contribution >= 0.6 is 0 Å². The molecule has 0 unspecified atom stereocenters. The van der Waals surface area contributed by atoms with Gasteiger partial charge in [0.2, 0.25) is 0 Å². The highest BCUT2D eigenvalue weighted by Gasteiger charge is 2.09. The Morgan fingerprint density at radius 1 is 1.53 bits per heavy atom. The lowest BCUT2D eigenvalue weighted by Gasteiger charge is -1.98. The lowest BCUT2D eigenvalue weighted by molar-refractivity contribution is 0.293. The fourth-order valence-corrected chi connectivity index (χ4v) is 1.25. The van der Waals surface area contributed by atoms with Crippen LogP contribution in [-0.2, 0) is 0 Å². The number of nitriles is 1. The molecule has 0 amide bonds. The summed E-state index contributed by atoms with van der Waals surface area (Å²) < 4.78 is 10.3. The molecule has 0 saturated heterocycles. The van der Waals surface area contributed by atoms with Crippen LogP contribution in [0.15, 0.2) is 22.7 Å². The number of nitrogens with zero attached hydrogens (tertiary/aromatic N) is 2. The monoisotopic (exact) mass is 203 g/mol. The van der Waals surface area contributed by atoms with Crippen molar-refractivity contribution in [3.8, 4) is 11.9 Å². The van der Waals surface area contributed by atoms with Crippen LogP contribution in [0.1, 0.15) is 5.56 Å². The van der Waals surface area contributed by atoms with Crippen LogP contribution in [0.4, 0.5) is 0 Å². The van der Waals surface area contributed by atoms with Crippen LogP contribution in [-0.4, -0.2) is 18.3 Å². The zero-order valence-electron chi connectivity index (χ0n) is 7.93. The molecule has 0 saturated carbocycles. The minimum atomic E-state index is 0.373. The normalized spacial score (nSPS) is 10.1. The molecule has 0 bridgehead atoms. The second-order valence-electron chi connectivity index (χ2n) is 2.95. The maximum absolute atomic E-state index is 8.74. The van der Waals surface area contributed by atoms with Crippen LogP contribution in [0.2, 0.25) is 0 Å². The van der Waals surface area contributed by atoms with E-state index in [4.69, 9.17) is 20.3 Å². The lowest BCUT2D eigenvalue weighted by Crippen LogP contribution is -2.10. The van der Waals surface area contributed by atoms with E-state index in [9.17, 15) is 0 Å². The Morgan fingerprint density at radius 2 is 2.40 bits per heavy atom. The summed E-state index contributed by atoms with van der Waals surface area (Å²) in [6.07, 6.45) is 0. The van der Waals surface area contributed by atoms with Gasteiger partial charge in [0.25, 0.3) is 5.88 Å². The topological polar surface area (TPSA) is 85.1 Å². The molecule has 2 rings (SSSR count). The highest BCUT2D eigenvalue weighted by Crippen LogP contribution is 2.25. The smallest absolute Gasteiger partial charge is 0.262 e. The number of fused-ring (bicyclic) bond motifs is 1. The Balaban J connectivity index is 2.43. The Kier molecular flexibility index (Phi) is 2.52. The molecule has 1 aromatic carbocycles. The van der Waals surface area contributed by atoms with Crippen LogP contribution in [0, 0.1) is 11.3 Å². The van der Waals surface area contributed by atoms with Gasteiger partial charge < -0.3 is 15.0 Å². The maximum atomic E-state index is 8.74. The minimum Gasteiger partial charge on any atom is -0.474 e. The minimum absolute atomic E-state index is 0.373. The molecule has 2 N–H and O–H groups in total. The molecule has 0 aliphatic rings. The number of ether oxygens (including phenoxy) is 1. The third kappa shape index (κ3) is 1.75. The van der Waals surface area contributed by atoms with Crippen LogP contribution in [0.5, 0.6) is 5.88 Å². The van der Waals surface area contributed by atoms with Crippen molar-refractivity contribution in [3.63, 3.8) is 0 Å². The van der Waals surface area contributed by atoms with E-state index in [0.717, 1.165) is 0 Å². The van der Waals surface area contributed by atoms with Gasteiger partial charge in [0.1, 0.15) is 6.61 Å². The molecule has 0 radical (unpaired) electrons. The van der Waals surface area contributed by atoms with Crippen molar-refractivity contribution in [2.24, 2.45) is 5.73 Å². The average molecular weight is 203 g/mol. The van der Waals surface area contributed by atoms with E-state index in [1.165, 1.54) is 0 Å². The Labute approximate surface area is 86.0 Å². The zero-order chi connectivity index (χ0) is 10.7. The molecule has 0 fully saturated rings. The number of nitrogens with two attached hydrogens (primary N) is 1. The first-order chi connectivity index (χ1) is 7.35. The van der Waals surface area contributed by atoms with Gasteiger partial charge in [-0.1, -0.05) is 0 Å². The van der Waals surface area contributed by atoms with Crippen molar-refractivity contribution in [1.29, 1.82) is 5.26 Å². The van der Waals surface area contributed by atoms with Gasteiger partial charge in [-0.15, -0.1) is 0 Å². The first-order valence-corrected chi connectivity index (χ1v) is 4.47. The molecule has 0 aliphatic carbocycles. The molecule has 2 aromatic rings. The third-order valence-corrected chi connectivity index (χ3v) is 1.92. The summed E-state index contributed by atoms with van der Waals surface area (Å²) in [5, 5.41) is 13.2. The Morgan fingerprint density at radius 3 is 3.13 bits per heavy atom. The molecular weight excluding hydrogens is 194 g/mol. The van der Waals surface area contributed by atoms with Crippen LogP contribution in [0.3, 0.4) is 0 Å². The fraction of sp³-hybridized carbons (Fsp3) is 0.200. The van der Waals surface area contributed by atoms with E-state index in [1.807, 2.05) is 6.07 Å². The first kappa shape index (κ1) is 9.49. The summed E-state index contributed by atoms with van der Waals surface area (Å²) in [5.41, 5.74) is 6.45. The van der Waals surface area contributed by atoms with Crippen LogP contribution in [0.25, 0.3) is 11.0 Å². The highest BCUT2D eigenvalue weighted by molar-refractivity contribution is 5.83. The van der Waals surface area contributed by atoms with Crippen molar-refractivity contribution in [2.75, 3.05) is 13.2 Å². The van der Waals surface area contributed by atoms with Crippen molar-refractivity contribution in [3.05, 3.63) is 23.8 Å². The highest BCUT2D eigenvalue weighted by atomic mass is 16.5. The largest absolute Gasteiger partial charge is 0.474 e. The fourth-order valence-electron chi connectivity index (χ4n) is 1.25. The first-order valence-electron chi connectivity index (χ1n) is 4.47. The van der Waals surface area contributed by atoms with Gasteiger partial charge in [0, 0.05) is 6.54 Å². The summed E-state index contributed by atoms with van der Waals surface area (Å²) in [5.74, 6) is 0.382. The molecule has 5 heteroatoms. The van der Waals surface area contributed by atoms with E-state index < -0.39 is 0 Å². The van der Waals surface area contributed by atoms with E-state index >= 15 is 0 Å². The second-order valence-corrected chi connectivity index (χ2v) is 2.95. The summed E-state index contributed by atoms with van der Waals surface area (Å²) in [7, 11) is 0. The molecule has 76 valence electrons. The molecular formula is C10H9N3O2. The van der Waals surface area contributed by atoms with Gasteiger partial charge in [0.05, 0.1) is 17.0 Å². The van der Waals surface area contributed by atoms with Crippen molar-refractivity contribution < 1.29 is 9.26 Å². The average Bonchev–Trinajstić information content (AvgIpc) is 2.68. The Hall–Kier alpha value is -2.06. The number of aromatic nitrogens is 1. The number of rotatable bonds is 3. The number of benzene rings is 1. The zero-order valence-corrected chi connectivity index (χ0v) is 7.93. The molecule has 5 nitrogen and oxygen atoms in total.